The number of rotatable bonds is 7. The van der Waals surface area contributed by atoms with E-state index >= 15 is 0 Å². The number of aromatic amines is 1. The van der Waals surface area contributed by atoms with Crippen LogP contribution < -0.4 is 16.6 Å². The van der Waals surface area contributed by atoms with E-state index in [1.807, 2.05) is 30.3 Å². The van der Waals surface area contributed by atoms with E-state index in [1.165, 1.54) is 18.4 Å². The normalized spacial score (nSPS) is 14.8. The Morgan fingerprint density at radius 3 is 2.58 bits per heavy atom. The van der Waals surface area contributed by atoms with Gasteiger partial charge in [0, 0.05) is 13.0 Å². The van der Waals surface area contributed by atoms with Crippen LogP contribution in [0.5, 0.6) is 0 Å². The van der Waals surface area contributed by atoms with Crippen molar-refractivity contribution in [3.8, 4) is 0 Å². The Labute approximate surface area is 180 Å². The lowest BCUT2D eigenvalue weighted by Crippen LogP contribution is -2.45. The summed E-state index contributed by atoms with van der Waals surface area (Å²) in [5.41, 5.74) is 1.70. The van der Waals surface area contributed by atoms with Crippen molar-refractivity contribution in [3.05, 3.63) is 92.6 Å². The van der Waals surface area contributed by atoms with E-state index in [1.54, 1.807) is 24.3 Å². The molecule has 31 heavy (non-hydrogen) atoms. The number of hydrogen-bond acceptors (Lipinski definition) is 3. The van der Waals surface area contributed by atoms with Crippen molar-refractivity contribution < 1.29 is 4.79 Å². The molecule has 0 bridgehead atoms. The quantitative estimate of drug-likeness (QED) is 0.577. The molecule has 160 valence electrons. The minimum absolute atomic E-state index is 0.261. The first-order chi connectivity index (χ1) is 15.1. The zero-order valence-electron chi connectivity index (χ0n) is 17.5. The van der Waals surface area contributed by atoms with Crippen molar-refractivity contribution in [2.24, 2.45) is 0 Å². The maximum atomic E-state index is 13.2. The van der Waals surface area contributed by atoms with Crippen molar-refractivity contribution in [3.63, 3.8) is 0 Å². The van der Waals surface area contributed by atoms with Gasteiger partial charge in [-0.25, -0.2) is 9.36 Å². The first kappa shape index (κ1) is 20.8. The Balaban J connectivity index is 1.64. The predicted molar refractivity (Wildman–Crippen MR) is 122 cm³/mol. The fraction of sp³-hybridized carbons (Fsp3) is 0.320. The van der Waals surface area contributed by atoms with E-state index in [0.29, 0.717) is 17.4 Å². The highest BCUT2D eigenvalue weighted by atomic mass is 16.2. The number of carbonyl (C=O) groups excluding carboxylic acids is 1. The van der Waals surface area contributed by atoms with Crippen molar-refractivity contribution >= 4 is 16.8 Å². The van der Waals surface area contributed by atoms with Crippen molar-refractivity contribution in [2.45, 2.75) is 44.6 Å². The average molecular weight is 418 g/mol. The summed E-state index contributed by atoms with van der Waals surface area (Å²) in [5.74, 6) is -0.317. The number of H-pyrrole nitrogens is 1. The summed E-state index contributed by atoms with van der Waals surface area (Å²) < 4.78 is 1.06. The molecule has 2 N–H and O–H groups in total. The molecular weight excluding hydrogens is 390 g/mol. The Morgan fingerprint density at radius 2 is 1.81 bits per heavy atom. The number of hydrogen-bond donors (Lipinski definition) is 2. The zero-order valence-corrected chi connectivity index (χ0v) is 17.5. The maximum Gasteiger partial charge on any atom is 0.329 e. The Morgan fingerprint density at radius 1 is 1.03 bits per heavy atom. The van der Waals surface area contributed by atoms with Crippen LogP contribution in [0.2, 0.25) is 0 Å². The van der Waals surface area contributed by atoms with Gasteiger partial charge in [-0.1, -0.05) is 54.1 Å². The molecule has 0 unspecified atom stereocenters. The summed E-state index contributed by atoms with van der Waals surface area (Å²) in [7, 11) is 0. The van der Waals surface area contributed by atoms with Crippen LogP contribution in [0.4, 0.5) is 0 Å². The van der Waals surface area contributed by atoms with Gasteiger partial charge in [0.25, 0.3) is 5.56 Å². The molecule has 0 spiro atoms. The molecule has 0 saturated heterocycles. The third-order valence-electron chi connectivity index (χ3n) is 5.85. The van der Waals surface area contributed by atoms with E-state index < -0.39 is 17.3 Å². The smallest absolute Gasteiger partial charge is 0.329 e. The van der Waals surface area contributed by atoms with Gasteiger partial charge in [-0.3, -0.25) is 9.59 Å². The molecule has 6 nitrogen and oxygen atoms in total. The summed E-state index contributed by atoms with van der Waals surface area (Å²) in [6, 6.07) is 15.4. The molecule has 1 amide bonds. The van der Waals surface area contributed by atoms with E-state index in [0.717, 1.165) is 29.4 Å². The minimum atomic E-state index is -0.927. The molecular formula is C25H27N3O3. The number of fused-ring (bicyclic) bond motifs is 1. The summed E-state index contributed by atoms with van der Waals surface area (Å²) in [4.78, 5) is 41.9. The van der Waals surface area contributed by atoms with Gasteiger partial charge < -0.3 is 10.3 Å². The highest BCUT2D eigenvalue weighted by Gasteiger charge is 2.25. The fourth-order valence-corrected chi connectivity index (χ4v) is 4.19. The molecule has 0 radical (unpaired) electrons. The van der Waals surface area contributed by atoms with Gasteiger partial charge in [0.2, 0.25) is 5.91 Å². The molecule has 0 saturated carbocycles. The number of aromatic nitrogens is 2. The summed E-state index contributed by atoms with van der Waals surface area (Å²) >= 11 is 0. The topological polar surface area (TPSA) is 84.0 Å². The van der Waals surface area contributed by atoms with Crippen LogP contribution in [0.25, 0.3) is 10.9 Å². The fourth-order valence-electron chi connectivity index (χ4n) is 4.19. The van der Waals surface area contributed by atoms with Crippen LogP contribution in [0.1, 0.15) is 43.7 Å². The summed E-state index contributed by atoms with van der Waals surface area (Å²) in [6.45, 7) is 0.496. The molecule has 1 aliphatic carbocycles. The van der Waals surface area contributed by atoms with Crippen molar-refractivity contribution in [1.29, 1.82) is 0 Å². The predicted octanol–water partition coefficient (Wildman–Crippen LogP) is 3.48. The van der Waals surface area contributed by atoms with E-state index in [-0.39, 0.29) is 12.3 Å². The molecule has 2 aromatic carbocycles. The molecule has 0 fully saturated rings. The van der Waals surface area contributed by atoms with Gasteiger partial charge in [-0.15, -0.1) is 0 Å². The highest BCUT2D eigenvalue weighted by Crippen LogP contribution is 2.20. The van der Waals surface area contributed by atoms with Crippen LogP contribution in [-0.4, -0.2) is 22.0 Å². The number of allylic oxidation sites excluding steroid dienone is 1. The van der Waals surface area contributed by atoms with Crippen LogP contribution in [0, 0.1) is 0 Å². The summed E-state index contributed by atoms with van der Waals surface area (Å²) in [5, 5.41) is 3.35. The molecule has 1 aliphatic rings. The third-order valence-corrected chi connectivity index (χ3v) is 5.85. The van der Waals surface area contributed by atoms with Crippen molar-refractivity contribution in [1.82, 2.24) is 14.9 Å². The second kappa shape index (κ2) is 9.60. The number of benzene rings is 2. The number of nitrogens with one attached hydrogen (secondary N) is 2. The number of para-hydroxylation sites is 1. The van der Waals surface area contributed by atoms with Crippen LogP contribution >= 0.6 is 0 Å². The van der Waals surface area contributed by atoms with E-state index in [9.17, 15) is 14.4 Å². The number of amides is 1. The molecule has 1 heterocycles. The highest BCUT2D eigenvalue weighted by molar-refractivity contribution is 5.82. The van der Waals surface area contributed by atoms with Gasteiger partial charge in [-0.2, -0.15) is 0 Å². The molecule has 1 aromatic heterocycles. The lowest BCUT2D eigenvalue weighted by atomic mass is 9.97. The van der Waals surface area contributed by atoms with Crippen molar-refractivity contribution in [2.75, 3.05) is 6.54 Å². The zero-order chi connectivity index (χ0) is 21.6. The Bertz CT molecular complexity index is 1210. The number of carbonyl (C=O) groups is 1. The molecule has 1 atom stereocenters. The van der Waals surface area contributed by atoms with Crippen LogP contribution in [-0.2, 0) is 11.2 Å². The second-order valence-corrected chi connectivity index (χ2v) is 8.01. The third kappa shape index (κ3) is 4.85. The van der Waals surface area contributed by atoms with Crippen LogP contribution in [0.15, 0.2) is 75.8 Å². The Hall–Kier alpha value is -3.41. The van der Waals surface area contributed by atoms with E-state index in [2.05, 4.69) is 16.4 Å². The molecule has 6 heteroatoms. The standard InChI is InChI=1S/C25H27N3O3/c29-23(26-16-15-18-9-3-1-4-10-18)22(17-19-11-5-2-6-12-19)28-24(30)20-13-7-8-14-21(20)27-25(28)31/h2,5-9,11-14,22H,1,3-4,10,15-17H2,(H,26,29)(H,27,31)/t22-/m0/s1. The van der Waals surface area contributed by atoms with Gasteiger partial charge >= 0.3 is 5.69 Å². The number of nitrogens with zero attached hydrogens (tertiary/aromatic N) is 1. The second-order valence-electron chi connectivity index (χ2n) is 8.01. The lowest BCUT2D eigenvalue weighted by Gasteiger charge is -2.20. The molecule has 0 aliphatic heterocycles. The lowest BCUT2D eigenvalue weighted by molar-refractivity contribution is -0.124. The molecule has 3 aromatic rings. The van der Waals surface area contributed by atoms with Crippen LogP contribution in [0.3, 0.4) is 0 Å². The summed E-state index contributed by atoms with van der Waals surface area (Å²) in [6.07, 6.45) is 7.91. The van der Waals surface area contributed by atoms with E-state index in [4.69, 9.17) is 0 Å². The largest absolute Gasteiger partial charge is 0.354 e. The Kier molecular flexibility index (Phi) is 6.46. The average Bonchev–Trinajstić information content (AvgIpc) is 2.80. The SMILES string of the molecule is O=C(NCCC1=CCCCC1)[C@H](Cc1ccccc1)n1c(=O)[nH]c2ccccc2c1=O. The monoisotopic (exact) mass is 417 g/mol. The van der Waals surface area contributed by atoms with Gasteiger partial charge in [0.15, 0.2) is 0 Å². The van der Waals surface area contributed by atoms with Gasteiger partial charge in [0.1, 0.15) is 6.04 Å². The first-order valence-electron chi connectivity index (χ1n) is 10.9. The van der Waals surface area contributed by atoms with Gasteiger partial charge in [0.05, 0.1) is 10.9 Å². The van der Waals surface area contributed by atoms with Gasteiger partial charge in [-0.05, 0) is 49.8 Å². The molecule has 4 rings (SSSR count). The maximum absolute atomic E-state index is 13.2. The first-order valence-corrected chi connectivity index (χ1v) is 10.9. The minimum Gasteiger partial charge on any atom is -0.354 e.